The molecule has 0 aliphatic carbocycles. The first-order chi connectivity index (χ1) is 5.65. The standard InChI is InChI=1S/C10H23NO/c1-5-10(8-12)11(6-2)7-9(3)4/h9-10,12H,5-8H2,1-4H3. The minimum Gasteiger partial charge on any atom is -0.395 e. The van der Waals surface area contributed by atoms with Gasteiger partial charge in [-0.1, -0.05) is 27.7 Å². The summed E-state index contributed by atoms with van der Waals surface area (Å²) in [4.78, 5) is 2.35. The summed E-state index contributed by atoms with van der Waals surface area (Å²) in [5.41, 5.74) is 0. The molecule has 0 fully saturated rings. The second-order valence-corrected chi connectivity index (χ2v) is 3.73. The molecule has 12 heavy (non-hydrogen) atoms. The Balaban J connectivity index is 3.92. The van der Waals surface area contributed by atoms with Gasteiger partial charge in [-0.05, 0) is 18.9 Å². The second kappa shape index (κ2) is 6.44. The van der Waals surface area contributed by atoms with Crippen molar-refractivity contribution in [3.8, 4) is 0 Å². The van der Waals surface area contributed by atoms with E-state index in [-0.39, 0.29) is 6.61 Å². The maximum atomic E-state index is 9.10. The van der Waals surface area contributed by atoms with Crippen LogP contribution in [0.5, 0.6) is 0 Å². The van der Waals surface area contributed by atoms with Gasteiger partial charge in [-0.3, -0.25) is 4.90 Å². The van der Waals surface area contributed by atoms with Gasteiger partial charge < -0.3 is 5.11 Å². The monoisotopic (exact) mass is 173 g/mol. The molecule has 74 valence electrons. The van der Waals surface area contributed by atoms with Crippen molar-refractivity contribution in [2.75, 3.05) is 19.7 Å². The second-order valence-electron chi connectivity index (χ2n) is 3.73. The topological polar surface area (TPSA) is 23.5 Å². The van der Waals surface area contributed by atoms with E-state index < -0.39 is 0 Å². The predicted octanol–water partition coefficient (Wildman–Crippen LogP) is 1.74. The Morgan fingerprint density at radius 3 is 2.08 bits per heavy atom. The van der Waals surface area contributed by atoms with Crippen LogP contribution in [0, 0.1) is 5.92 Å². The van der Waals surface area contributed by atoms with Gasteiger partial charge in [0.05, 0.1) is 6.61 Å². The molecule has 2 nitrogen and oxygen atoms in total. The fraction of sp³-hybridized carbons (Fsp3) is 1.00. The van der Waals surface area contributed by atoms with Crippen LogP contribution in [-0.2, 0) is 0 Å². The van der Waals surface area contributed by atoms with Crippen LogP contribution in [0.2, 0.25) is 0 Å². The van der Waals surface area contributed by atoms with Gasteiger partial charge in [0, 0.05) is 12.6 Å². The molecule has 0 saturated carbocycles. The van der Waals surface area contributed by atoms with Crippen molar-refractivity contribution in [2.45, 2.75) is 40.2 Å². The zero-order chi connectivity index (χ0) is 9.56. The van der Waals surface area contributed by atoms with Crippen LogP contribution < -0.4 is 0 Å². The van der Waals surface area contributed by atoms with E-state index in [2.05, 4.69) is 32.6 Å². The van der Waals surface area contributed by atoms with Crippen LogP contribution in [0.1, 0.15) is 34.1 Å². The molecule has 0 rings (SSSR count). The number of aliphatic hydroxyl groups excluding tert-OH is 1. The molecular weight excluding hydrogens is 150 g/mol. The predicted molar refractivity (Wildman–Crippen MR) is 53.2 cm³/mol. The van der Waals surface area contributed by atoms with E-state index >= 15 is 0 Å². The smallest absolute Gasteiger partial charge is 0.0586 e. The minimum atomic E-state index is 0.289. The highest BCUT2D eigenvalue weighted by molar-refractivity contribution is 4.69. The Hall–Kier alpha value is -0.0800. The van der Waals surface area contributed by atoms with Gasteiger partial charge in [0.15, 0.2) is 0 Å². The lowest BCUT2D eigenvalue weighted by molar-refractivity contribution is 0.113. The molecule has 2 heteroatoms. The van der Waals surface area contributed by atoms with E-state index in [1.54, 1.807) is 0 Å². The molecule has 1 unspecified atom stereocenters. The Labute approximate surface area is 76.6 Å². The van der Waals surface area contributed by atoms with Crippen LogP contribution in [-0.4, -0.2) is 35.7 Å². The first-order valence-corrected chi connectivity index (χ1v) is 5.00. The van der Waals surface area contributed by atoms with E-state index in [1.807, 2.05) is 0 Å². The molecule has 0 radical (unpaired) electrons. The van der Waals surface area contributed by atoms with Gasteiger partial charge in [0.1, 0.15) is 0 Å². The van der Waals surface area contributed by atoms with Crippen molar-refractivity contribution in [1.82, 2.24) is 4.90 Å². The van der Waals surface area contributed by atoms with Crippen LogP contribution in [0.25, 0.3) is 0 Å². The van der Waals surface area contributed by atoms with Crippen LogP contribution in [0.4, 0.5) is 0 Å². The highest BCUT2D eigenvalue weighted by Crippen LogP contribution is 2.06. The summed E-state index contributed by atoms with van der Waals surface area (Å²) in [7, 11) is 0. The highest BCUT2D eigenvalue weighted by atomic mass is 16.3. The van der Waals surface area contributed by atoms with E-state index in [9.17, 15) is 0 Å². The maximum absolute atomic E-state index is 9.10. The molecule has 0 aromatic rings. The summed E-state index contributed by atoms with van der Waals surface area (Å²) in [6.07, 6.45) is 1.04. The molecule has 1 N–H and O–H groups in total. The first kappa shape index (κ1) is 11.9. The number of rotatable bonds is 6. The minimum absolute atomic E-state index is 0.289. The van der Waals surface area contributed by atoms with Crippen molar-refractivity contribution < 1.29 is 5.11 Å². The fourth-order valence-electron chi connectivity index (χ4n) is 1.51. The lowest BCUT2D eigenvalue weighted by atomic mass is 10.1. The van der Waals surface area contributed by atoms with Crippen molar-refractivity contribution >= 4 is 0 Å². The van der Waals surface area contributed by atoms with Gasteiger partial charge in [-0.2, -0.15) is 0 Å². The number of likely N-dealkylation sites (N-methyl/N-ethyl adjacent to an activating group) is 1. The Morgan fingerprint density at radius 1 is 1.25 bits per heavy atom. The normalized spacial score (nSPS) is 14.2. The summed E-state index contributed by atoms with van der Waals surface area (Å²) in [6.45, 7) is 11.1. The van der Waals surface area contributed by atoms with Crippen molar-refractivity contribution in [3.63, 3.8) is 0 Å². The molecule has 0 amide bonds. The molecule has 0 saturated heterocycles. The van der Waals surface area contributed by atoms with Crippen molar-refractivity contribution in [3.05, 3.63) is 0 Å². The average molecular weight is 173 g/mol. The number of hydrogen-bond acceptors (Lipinski definition) is 2. The fourth-order valence-corrected chi connectivity index (χ4v) is 1.51. The largest absolute Gasteiger partial charge is 0.395 e. The Morgan fingerprint density at radius 2 is 1.83 bits per heavy atom. The van der Waals surface area contributed by atoms with Crippen LogP contribution >= 0.6 is 0 Å². The molecule has 0 aliphatic heterocycles. The lowest BCUT2D eigenvalue weighted by Crippen LogP contribution is -2.39. The number of nitrogens with zero attached hydrogens (tertiary/aromatic N) is 1. The molecule has 0 aliphatic rings. The van der Waals surface area contributed by atoms with Crippen molar-refractivity contribution in [1.29, 1.82) is 0 Å². The molecule has 0 heterocycles. The molecule has 0 aromatic heterocycles. The third kappa shape index (κ3) is 4.07. The zero-order valence-corrected chi connectivity index (χ0v) is 8.88. The van der Waals surface area contributed by atoms with Gasteiger partial charge in [0.25, 0.3) is 0 Å². The molecule has 0 aromatic carbocycles. The summed E-state index contributed by atoms with van der Waals surface area (Å²) < 4.78 is 0. The van der Waals surface area contributed by atoms with Crippen LogP contribution in [0.15, 0.2) is 0 Å². The summed E-state index contributed by atoms with van der Waals surface area (Å²) in [5.74, 6) is 0.686. The zero-order valence-electron chi connectivity index (χ0n) is 8.88. The quantitative estimate of drug-likeness (QED) is 0.661. The summed E-state index contributed by atoms with van der Waals surface area (Å²) in [5, 5.41) is 9.10. The lowest BCUT2D eigenvalue weighted by Gasteiger charge is -2.29. The molecule has 0 bridgehead atoms. The summed E-state index contributed by atoms with van der Waals surface area (Å²) in [6, 6.07) is 0.359. The van der Waals surface area contributed by atoms with E-state index in [0.717, 1.165) is 19.5 Å². The van der Waals surface area contributed by atoms with Gasteiger partial charge in [-0.15, -0.1) is 0 Å². The Bertz CT molecular complexity index is 100. The number of aliphatic hydroxyl groups is 1. The third-order valence-corrected chi connectivity index (χ3v) is 2.20. The first-order valence-electron chi connectivity index (χ1n) is 5.00. The van der Waals surface area contributed by atoms with E-state index in [4.69, 9.17) is 5.11 Å². The average Bonchev–Trinajstić information content (AvgIpc) is 2.04. The molecule has 1 atom stereocenters. The van der Waals surface area contributed by atoms with E-state index in [0.29, 0.717) is 12.0 Å². The number of hydrogen-bond donors (Lipinski definition) is 1. The molecule has 0 spiro atoms. The van der Waals surface area contributed by atoms with Gasteiger partial charge in [0.2, 0.25) is 0 Å². The SMILES string of the molecule is CCC(CO)N(CC)CC(C)C. The maximum Gasteiger partial charge on any atom is 0.0586 e. The summed E-state index contributed by atoms with van der Waals surface area (Å²) >= 11 is 0. The molecular formula is C10H23NO. The third-order valence-electron chi connectivity index (χ3n) is 2.20. The van der Waals surface area contributed by atoms with E-state index in [1.165, 1.54) is 0 Å². The highest BCUT2D eigenvalue weighted by Gasteiger charge is 2.14. The van der Waals surface area contributed by atoms with Crippen LogP contribution in [0.3, 0.4) is 0 Å². The van der Waals surface area contributed by atoms with Gasteiger partial charge >= 0.3 is 0 Å². The van der Waals surface area contributed by atoms with Gasteiger partial charge in [-0.25, -0.2) is 0 Å². The Kier molecular flexibility index (Phi) is 6.39. The van der Waals surface area contributed by atoms with Crippen molar-refractivity contribution in [2.24, 2.45) is 5.92 Å².